The zero-order chi connectivity index (χ0) is 24.0. The van der Waals surface area contributed by atoms with Gasteiger partial charge in [-0.05, 0) is 61.7 Å². The average Bonchev–Trinajstić information content (AvgIpc) is 2.83. The van der Waals surface area contributed by atoms with E-state index in [1.54, 1.807) is 12.1 Å². The van der Waals surface area contributed by atoms with Gasteiger partial charge in [-0.3, -0.25) is 0 Å². The number of carbonyl (C=O) groups excluding carboxylic acids is 2. The fraction of sp³-hybridized carbons (Fsp3) is 0.267. The van der Waals surface area contributed by atoms with Gasteiger partial charge in [0, 0.05) is 5.39 Å². The average molecular weight is 453 g/mol. The van der Waals surface area contributed by atoms with Crippen LogP contribution in [0.2, 0.25) is 0 Å². The number of ether oxygens (including phenoxy) is 2. The maximum absolute atomic E-state index is 13.2. The van der Waals surface area contributed by atoms with E-state index in [9.17, 15) is 9.59 Å². The monoisotopic (exact) mass is 452 g/mol. The number of esters is 2. The Morgan fingerprint density at radius 2 is 1.03 bits per heavy atom. The van der Waals surface area contributed by atoms with Crippen LogP contribution in [-0.2, 0) is 9.47 Å². The lowest BCUT2D eigenvalue weighted by Gasteiger charge is -2.18. The molecule has 5 aromatic carbocycles. The van der Waals surface area contributed by atoms with Crippen molar-refractivity contribution in [1.82, 2.24) is 0 Å². The maximum atomic E-state index is 13.2. The Morgan fingerprint density at radius 1 is 0.588 bits per heavy atom. The van der Waals surface area contributed by atoms with Gasteiger partial charge in [0.2, 0.25) is 0 Å². The quantitative estimate of drug-likeness (QED) is 0.153. The molecule has 172 valence electrons. The van der Waals surface area contributed by atoms with Gasteiger partial charge in [0.25, 0.3) is 0 Å². The summed E-state index contributed by atoms with van der Waals surface area (Å²) in [6, 6.07) is 20.0. The summed E-state index contributed by atoms with van der Waals surface area (Å²) in [6.07, 6.45) is 0. The van der Waals surface area contributed by atoms with Crippen LogP contribution in [-0.4, -0.2) is 25.2 Å². The lowest BCUT2D eigenvalue weighted by atomic mass is 9.86. The summed E-state index contributed by atoms with van der Waals surface area (Å²) in [5.41, 5.74) is 0.786. The zero-order valence-corrected chi connectivity index (χ0v) is 20.0. The standard InChI is InChI=1S/C30H28O4/c1-17(2)15-33-29(31)24-13-11-22-20-9-5-7-19-8-6-10-21(26(19)20)23-12-14-25(28(24)27(22)23)30(32)34-16-18(3)4/h5-14,17-18H,15-16H2,1-4H3. The first-order chi connectivity index (χ1) is 16.4. The van der Waals surface area contributed by atoms with E-state index in [1.807, 2.05) is 52.0 Å². The smallest absolute Gasteiger partial charge is 0.338 e. The van der Waals surface area contributed by atoms with Crippen LogP contribution in [0.3, 0.4) is 0 Å². The van der Waals surface area contributed by atoms with Gasteiger partial charge in [-0.25, -0.2) is 9.59 Å². The fourth-order valence-corrected chi connectivity index (χ4v) is 4.71. The third-order valence-corrected chi connectivity index (χ3v) is 6.18. The minimum atomic E-state index is -0.424. The van der Waals surface area contributed by atoms with Gasteiger partial charge in [-0.15, -0.1) is 0 Å². The molecule has 0 unspecified atom stereocenters. The zero-order valence-electron chi connectivity index (χ0n) is 20.0. The van der Waals surface area contributed by atoms with E-state index in [-0.39, 0.29) is 11.8 Å². The molecular weight excluding hydrogens is 424 g/mol. The summed E-state index contributed by atoms with van der Waals surface area (Å²) in [6.45, 7) is 8.62. The third-order valence-electron chi connectivity index (χ3n) is 6.18. The minimum Gasteiger partial charge on any atom is -0.462 e. The summed E-state index contributed by atoms with van der Waals surface area (Å²) in [5, 5.41) is 8.05. The Balaban J connectivity index is 1.86. The highest BCUT2D eigenvalue weighted by molar-refractivity contribution is 6.35. The highest BCUT2D eigenvalue weighted by atomic mass is 16.5. The van der Waals surface area contributed by atoms with Gasteiger partial charge >= 0.3 is 11.9 Å². The Labute approximate surface area is 198 Å². The van der Waals surface area contributed by atoms with Gasteiger partial charge in [-0.1, -0.05) is 76.2 Å². The van der Waals surface area contributed by atoms with E-state index in [0.717, 1.165) is 32.3 Å². The molecule has 0 atom stereocenters. The van der Waals surface area contributed by atoms with E-state index >= 15 is 0 Å². The lowest BCUT2D eigenvalue weighted by molar-refractivity contribution is 0.0461. The van der Waals surface area contributed by atoms with Crippen LogP contribution in [0, 0.1) is 11.8 Å². The molecule has 0 radical (unpaired) electrons. The van der Waals surface area contributed by atoms with E-state index in [2.05, 4.69) is 24.3 Å². The number of rotatable bonds is 6. The molecule has 5 aromatic rings. The maximum Gasteiger partial charge on any atom is 0.338 e. The highest BCUT2D eigenvalue weighted by Gasteiger charge is 2.24. The molecule has 5 rings (SSSR count). The minimum absolute atomic E-state index is 0.212. The summed E-state index contributed by atoms with van der Waals surface area (Å²) >= 11 is 0. The van der Waals surface area contributed by atoms with E-state index < -0.39 is 11.9 Å². The van der Waals surface area contributed by atoms with Crippen molar-refractivity contribution < 1.29 is 19.1 Å². The van der Waals surface area contributed by atoms with Crippen molar-refractivity contribution in [3.8, 4) is 0 Å². The highest BCUT2D eigenvalue weighted by Crippen LogP contribution is 2.42. The van der Waals surface area contributed by atoms with Gasteiger partial charge in [0.15, 0.2) is 0 Å². The molecule has 0 amide bonds. The molecule has 0 saturated heterocycles. The molecule has 0 N–H and O–H groups in total. The molecule has 0 bridgehead atoms. The van der Waals surface area contributed by atoms with E-state index in [4.69, 9.17) is 9.47 Å². The van der Waals surface area contributed by atoms with Crippen LogP contribution < -0.4 is 0 Å². The van der Waals surface area contributed by atoms with Crippen molar-refractivity contribution >= 4 is 55.0 Å². The number of hydrogen-bond acceptors (Lipinski definition) is 4. The Morgan fingerprint density at radius 3 is 1.47 bits per heavy atom. The predicted molar refractivity (Wildman–Crippen MR) is 138 cm³/mol. The Bertz CT molecular complexity index is 1440. The van der Waals surface area contributed by atoms with Crippen LogP contribution in [0.1, 0.15) is 48.4 Å². The van der Waals surface area contributed by atoms with Crippen LogP contribution in [0.25, 0.3) is 43.1 Å². The van der Waals surface area contributed by atoms with Gasteiger partial charge in [0.1, 0.15) is 0 Å². The number of carbonyl (C=O) groups is 2. The van der Waals surface area contributed by atoms with Crippen LogP contribution in [0.4, 0.5) is 0 Å². The number of hydrogen-bond donors (Lipinski definition) is 0. The molecule has 0 aliphatic heterocycles. The van der Waals surface area contributed by atoms with Gasteiger partial charge in [0.05, 0.1) is 24.3 Å². The van der Waals surface area contributed by atoms with Crippen molar-refractivity contribution in [2.75, 3.05) is 13.2 Å². The summed E-state index contributed by atoms with van der Waals surface area (Å²) in [5.74, 6) is -0.424. The largest absolute Gasteiger partial charge is 0.462 e. The summed E-state index contributed by atoms with van der Waals surface area (Å²) in [7, 11) is 0. The first-order valence-corrected chi connectivity index (χ1v) is 11.8. The molecule has 0 fully saturated rings. The fourth-order valence-electron chi connectivity index (χ4n) is 4.71. The predicted octanol–water partition coefficient (Wildman–Crippen LogP) is 7.36. The molecule has 4 nitrogen and oxygen atoms in total. The molecule has 0 spiro atoms. The van der Waals surface area contributed by atoms with Crippen LogP contribution in [0.15, 0.2) is 60.7 Å². The van der Waals surface area contributed by atoms with Crippen molar-refractivity contribution in [2.24, 2.45) is 11.8 Å². The summed E-state index contributed by atoms with van der Waals surface area (Å²) < 4.78 is 11.2. The Kier molecular flexibility index (Phi) is 5.60. The second-order valence-corrected chi connectivity index (χ2v) is 9.77. The van der Waals surface area contributed by atoms with Crippen LogP contribution >= 0.6 is 0 Å². The SMILES string of the molecule is CC(C)COC(=O)c1ccc2c3cccc4cccc(c5ccc(C(=O)OCC(C)C)c1c25)c43. The summed E-state index contributed by atoms with van der Waals surface area (Å²) in [4.78, 5) is 26.4. The molecule has 0 aromatic heterocycles. The van der Waals surface area contributed by atoms with Crippen LogP contribution in [0.5, 0.6) is 0 Å². The normalized spacial score (nSPS) is 11.9. The second-order valence-electron chi connectivity index (χ2n) is 9.77. The van der Waals surface area contributed by atoms with Gasteiger partial charge < -0.3 is 9.47 Å². The van der Waals surface area contributed by atoms with E-state index in [1.165, 1.54) is 5.39 Å². The molecular formula is C30H28O4. The third kappa shape index (κ3) is 3.63. The molecule has 0 heterocycles. The molecule has 34 heavy (non-hydrogen) atoms. The lowest BCUT2D eigenvalue weighted by Crippen LogP contribution is -2.14. The number of benzene rings is 5. The first kappa shape index (κ1) is 22.1. The van der Waals surface area contributed by atoms with Gasteiger partial charge in [-0.2, -0.15) is 0 Å². The van der Waals surface area contributed by atoms with E-state index in [0.29, 0.717) is 29.7 Å². The molecule has 0 aliphatic carbocycles. The molecule has 4 heteroatoms. The molecule has 0 aliphatic rings. The first-order valence-electron chi connectivity index (χ1n) is 11.8. The molecule has 0 saturated carbocycles. The number of fused-ring (bicyclic) bond motifs is 2. The van der Waals surface area contributed by atoms with Crippen molar-refractivity contribution in [2.45, 2.75) is 27.7 Å². The van der Waals surface area contributed by atoms with Crippen molar-refractivity contribution in [3.05, 3.63) is 71.8 Å². The Hall–Kier alpha value is -3.66. The van der Waals surface area contributed by atoms with Crippen molar-refractivity contribution in [1.29, 1.82) is 0 Å². The van der Waals surface area contributed by atoms with Crippen molar-refractivity contribution in [3.63, 3.8) is 0 Å². The second kappa shape index (κ2) is 8.60. The topological polar surface area (TPSA) is 52.6 Å².